The van der Waals surface area contributed by atoms with Gasteiger partial charge >= 0.3 is 6.03 Å². The third-order valence-corrected chi connectivity index (χ3v) is 4.97. The molecule has 7 heteroatoms. The van der Waals surface area contributed by atoms with Crippen molar-refractivity contribution in [1.29, 1.82) is 0 Å². The van der Waals surface area contributed by atoms with Gasteiger partial charge in [0.2, 0.25) is 0 Å². The molecular weight excluding hydrogens is 320 g/mol. The molecule has 2 aliphatic rings. The second-order valence-electron chi connectivity index (χ2n) is 6.65. The van der Waals surface area contributed by atoms with Crippen LogP contribution < -0.4 is 19.9 Å². The van der Waals surface area contributed by atoms with E-state index in [1.54, 1.807) is 7.11 Å². The third-order valence-electron chi connectivity index (χ3n) is 4.97. The summed E-state index contributed by atoms with van der Waals surface area (Å²) in [5, 5.41) is 2.79. The molecule has 0 spiro atoms. The molecule has 3 amide bonds. The number of anilines is 1. The Balaban J connectivity index is 1.52. The lowest BCUT2D eigenvalue weighted by molar-refractivity contribution is -0.907. The first kappa shape index (κ1) is 17.5. The average molecular weight is 347 g/mol. The smallest absolute Gasteiger partial charge is 0.329 e. The van der Waals surface area contributed by atoms with Crippen molar-refractivity contribution in [2.24, 2.45) is 0 Å². The van der Waals surface area contributed by atoms with Crippen LogP contribution in [-0.4, -0.2) is 62.8 Å². The number of benzene rings is 1. The molecule has 2 saturated heterocycles. The molecule has 2 N–H and O–H groups in total. The third kappa shape index (κ3) is 3.87. The van der Waals surface area contributed by atoms with Crippen LogP contribution in [0.15, 0.2) is 24.3 Å². The molecule has 2 aliphatic heterocycles. The molecule has 1 aromatic rings. The first-order valence-electron chi connectivity index (χ1n) is 8.96. The molecular formula is C18H27N4O3+. The van der Waals surface area contributed by atoms with Gasteiger partial charge in [-0.25, -0.2) is 9.69 Å². The minimum atomic E-state index is -0.336. The van der Waals surface area contributed by atoms with E-state index < -0.39 is 0 Å². The van der Waals surface area contributed by atoms with Crippen LogP contribution in [0.2, 0.25) is 0 Å². The summed E-state index contributed by atoms with van der Waals surface area (Å²) in [4.78, 5) is 29.4. The van der Waals surface area contributed by atoms with Gasteiger partial charge in [0.1, 0.15) is 11.8 Å². The van der Waals surface area contributed by atoms with Crippen LogP contribution >= 0.6 is 0 Å². The van der Waals surface area contributed by atoms with E-state index in [9.17, 15) is 9.59 Å². The Morgan fingerprint density at radius 1 is 1.20 bits per heavy atom. The Morgan fingerprint density at radius 2 is 1.88 bits per heavy atom. The van der Waals surface area contributed by atoms with Crippen LogP contribution in [-0.2, 0) is 4.79 Å². The largest absolute Gasteiger partial charge is 0.497 e. The lowest BCUT2D eigenvalue weighted by Crippen LogP contribution is -3.16. The van der Waals surface area contributed by atoms with E-state index in [4.69, 9.17) is 4.74 Å². The molecule has 2 fully saturated rings. The van der Waals surface area contributed by atoms with Gasteiger partial charge in [-0.3, -0.25) is 4.79 Å². The van der Waals surface area contributed by atoms with Gasteiger partial charge in [-0.05, 0) is 30.7 Å². The summed E-state index contributed by atoms with van der Waals surface area (Å²) < 4.78 is 5.20. The fraction of sp³-hybridized carbons (Fsp3) is 0.556. The Labute approximate surface area is 148 Å². The van der Waals surface area contributed by atoms with E-state index >= 15 is 0 Å². The summed E-state index contributed by atoms with van der Waals surface area (Å²) in [5.41, 5.74) is 1.18. The van der Waals surface area contributed by atoms with Crippen molar-refractivity contribution in [2.75, 3.05) is 44.9 Å². The number of rotatable bonds is 6. The van der Waals surface area contributed by atoms with Crippen molar-refractivity contribution < 1.29 is 19.2 Å². The van der Waals surface area contributed by atoms with Crippen molar-refractivity contribution in [3.63, 3.8) is 0 Å². The highest BCUT2D eigenvalue weighted by atomic mass is 16.5. The number of nitrogens with zero attached hydrogens (tertiary/aromatic N) is 2. The molecule has 3 rings (SSSR count). The molecule has 1 atom stereocenters. The quantitative estimate of drug-likeness (QED) is 0.715. The van der Waals surface area contributed by atoms with E-state index in [0.29, 0.717) is 13.1 Å². The molecule has 7 nitrogen and oxygen atoms in total. The lowest BCUT2D eigenvalue weighted by Gasteiger charge is -2.34. The first-order valence-corrected chi connectivity index (χ1v) is 8.96. The zero-order chi connectivity index (χ0) is 17.8. The van der Waals surface area contributed by atoms with Crippen LogP contribution in [0, 0.1) is 0 Å². The number of carbonyl (C=O) groups excluding carboxylic acids is 2. The number of urea groups is 1. The molecule has 136 valence electrons. The maximum Gasteiger partial charge on any atom is 0.329 e. The van der Waals surface area contributed by atoms with Gasteiger partial charge in [-0.2, -0.15) is 0 Å². The number of piperazine rings is 1. The number of hydrogen-bond acceptors (Lipinski definition) is 4. The summed E-state index contributed by atoms with van der Waals surface area (Å²) in [6.45, 7) is 6.10. The molecule has 0 aromatic heterocycles. The van der Waals surface area contributed by atoms with Crippen LogP contribution in [0.25, 0.3) is 0 Å². The summed E-state index contributed by atoms with van der Waals surface area (Å²) >= 11 is 0. The standard InChI is InChI=1S/C18H26N4O3/c1-3-4-16-17(23)22(18(24)19-16)13-20-9-11-21(12-10-20)14-5-7-15(25-2)8-6-14/h5-8,16H,3-4,9-13H2,1-2H3,(H,19,24)/p+1/t16-/m0/s1. The molecule has 0 radical (unpaired) electrons. The van der Waals surface area contributed by atoms with Gasteiger partial charge in [-0.1, -0.05) is 13.3 Å². The predicted octanol–water partition coefficient (Wildman–Crippen LogP) is 0.0781. The van der Waals surface area contributed by atoms with Crippen molar-refractivity contribution in [3.05, 3.63) is 24.3 Å². The number of ether oxygens (including phenoxy) is 1. The Bertz CT molecular complexity index is 611. The summed E-state index contributed by atoms with van der Waals surface area (Å²) in [6.07, 6.45) is 1.60. The predicted molar refractivity (Wildman–Crippen MR) is 94.8 cm³/mol. The van der Waals surface area contributed by atoms with Crippen LogP contribution in [0.4, 0.5) is 10.5 Å². The molecule has 0 aliphatic carbocycles. The van der Waals surface area contributed by atoms with Crippen LogP contribution in [0.3, 0.4) is 0 Å². The van der Waals surface area contributed by atoms with Gasteiger partial charge in [-0.15, -0.1) is 0 Å². The minimum Gasteiger partial charge on any atom is -0.497 e. The van der Waals surface area contributed by atoms with Gasteiger partial charge in [0, 0.05) is 5.69 Å². The van der Waals surface area contributed by atoms with E-state index in [1.807, 2.05) is 19.1 Å². The highest BCUT2D eigenvalue weighted by molar-refractivity contribution is 6.03. The fourth-order valence-corrected chi connectivity index (χ4v) is 3.47. The molecule has 2 heterocycles. The molecule has 0 bridgehead atoms. The van der Waals surface area contributed by atoms with Gasteiger partial charge in [0.15, 0.2) is 6.67 Å². The number of imide groups is 1. The Morgan fingerprint density at radius 3 is 2.48 bits per heavy atom. The number of hydrogen-bond donors (Lipinski definition) is 2. The second kappa shape index (κ2) is 7.74. The van der Waals surface area contributed by atoms with E-state index in [2.05, 4.69) is 22.3 Å². The maximum absolute atomic E-state index is 12.3. The topological polar surface area (TPSA) is 66.3 Å². The summed E-state index contributed by atoms with van der Waals surface area (Å²) in [6, 6.07) is 7.49. The van der Waals surface area contributed by atoms with Crippen molar-refractivity contribution >= 4 is 17.6 Å². The van der Waals surface area contributed by atoms with Gasteiger partial charge in [0.25, 0.3) is 5.91 Å². The maximum atomic E-state index is 12.3. The zero-order valence-electron chi connectivity index (χ0n) is 15.0. The lowest BCUT2D eigenvalue weighted by atomic mass is 10.2. The number of nitrogens with one attached hydrogen (secondary N) is 2. The van der Waals surface area contributed by atoms with Crippen LogP contribution in [0.1, 0.15) is 19.8 Å². The monoisotopic (exact) mass is 347 g/mol. The van der Waals surface area contributed by atoms with Crippen LogP contribution in [0.5, 0.6) is 5.75 Å². The summed E-state index contributed by atoms with van der Waals surface area (Å²) in [5.74, 6) is 0.783. The highest BCUT2D eigenvalue weighted by Gasteiger charge is 2.39. The van der Waals surface area contributed by atoms with Crippen molar-refractivity contribution in [1.82, 2.24) is 10.2 Å². The fourth-order valence-electron chi connectivity index (χ4n) is 3.47. The SMILES string of the molecule is CCC[C@@H]1NC(=O)N(C[NH+]2CCN(c3ccc(OC)cc3)CC2)C1=O. The second-order valence-corrected chi connectivity index (χ2v) is 6.65. The van der Waals surface area contributed by atoms with Crippen molar-refractivity contribution in [3.8, 4) is 5.75 Å². The highest BCUT2D eigenvalue weighted by Crippen LogP contribution is 2.19. The molecule has 0 saturated carbocycles. The normalized spacial score (nSPS) is 21.6. The van der Waals surface area contributed by atoms with Gasteiger partial charge in [0.05, 0.1) is 33.3 Å². The molecule has 1 aromatic carbocycles. The Kier molecular flexibility index (Phi) is 5.43. The first-order chi connectivity index (χ1) is 12.1. The van der Waals surface area contributed by atoms with Gasteiger partial charge < -0.3 is 19.9 Å². The number of amides is 3. The number of quaternary nitrogens is 1. The summed E-state index contributed by atoms with van der Waals surface area (Å²) in [7, 11) is 1.66. The Hall–Kier alpha value is -2.28. The van der Waals surface area contributed by atoms with E-state index in [1.165, 1.54) is 15.5 Å². The zero-order valence-corrected chi connectivity index (χ0v) is 15.0. The molecule has 0 unspecified atom stereocenters. The van der Waals surface area contributed by atoms with E-state index in [-0.39, 0.29) is 18.0 Å². The van der Waals surface area contributed by atoms with Crippen molar-refractivity contribution in [2.45, 2.75) is 25.8 Å². The minimum absolute atomic E-state index is 0.0723. The number of methoxy groups -OCH3 is 1. The molecule has 25 heavy (non-hydrogen) atoms. The van der Waals surface area contributed by atoms with E-state index in [0.717, 1.165) is 38.3 Å². The number of carbonyl (C=O) groups is 2. The average Bonchev–Trinajstić information content (AvgIpc) is 2.90.